The van der Waals surface area contributed by atoms with Crippen LogP contribution in [-0.4, -0.2) is 71.1 Å². The number of nitrogens with one attached hydrogen (secondary N) is 2. The molecule has 2 aromatic carbocycles. The van der Waals surface area contributed by atoms with Gasteiger partial charge < -0.3 is 20.1 Å². The molecule has 2 unspecified atom stereocenters. The fourth-order valence-corrected chi connectivity index (χ4v) is 4.42. The predicted molar refractivity (Wildman–Crippen MR) is 133 cm³/mol. The predicted octanol–water partition coefficient (Wildman–Crippen LogP) is 2.01. The maximum atomic E-state index is 13.2. The number of amides is 2. The fraction of sp³-hybridized carbons (Fsp3) is 0.407. The van der Waals surface area contributed by atoms with E-state index in [2.05, 4.69) is 10.6 Å². The van der Waals surface area contributed by atoms with E-state index >= 15 is 0 Å². The molecule has 9 heteroatoms. The molecule has 1 fully saturated rings. The zero-order valence-electron chi connectivity index (χ0n) is 20.6. The van der Waals surface area contributed by atoms with Gasteiger partial charge in [0.25, 0.3) is 5.91 Å². The number of likely N-dealkylation sites (tertiary alicyclic amines) is 1. The van der Waals surface area contributed by atoms with Crippen LogP contribution in [0.1, 0.15) is 42.6 Å². The summed E-state index contributed by atoms with van der Waals surface area (Å²) in [6.45, 7) is 3.73. The number of hydrogen-bond donors (Lipinski definition) is 3. The highest BCUT2D eigenvalue weighted by atomic mass is 16.5. The second kappa shape index (κ2) is 12.8. The van der Waals surface area contributed by atoms with Gasteiger partial charge in [-0.3, -0.25) is 19.7 Å². The molecule has 0 radical (unpaired) electrons. The highest BCUT2D eigenvalue weighted by Gasteiger charge is 2.39. The third-order valence-corrected chi connectivity index (χ3v) is 6.21. The zero-order valence-corrected chi connectivity index (χ0v) is 20.6. The van der Waals surface area contributed by atoms with Gasteiger partial charge in [0.1, 0.15) is 12.1 Å². The third kappa shape index (κ3) is 6.91. The second-order valence-corrected chi connectivity index (χ2v) is 8.78. The molecule has 9 nitrogen and oxygen atoms in total. The smallest absolute Gasteiger partial charge is 0.326 e. The van der Waals surface area contributed by atoms with E-state index in [0.29, 0.717) is 31.4 Å². The van der Waals surface area contributed by atoms with Gasteiger partial charge in [-0.15, -0.1) is 0 Å². The minimum Gasteiger partial charge on any atom is -0.480 e. The number of carboxylic acids is 1. The fourth-order valence-electron chi connectivity index (χ4n) is 4.42. The Labute approximate surface area is 210 Å². The lowest BCUT2D eigenvalue weighted by Crippen LogP contribution is -2.60. The van der Waals surface area contributed by atoms with Gasteiger partial charge in [-0.2, -0.15) is 0 Å². The third-order valence-electron chi connectivity index (χ3n) is 6.21. The quantitative estimate of drug-likeness (QED) is 0.407. The monoisotopic (exact) mass is 495 g/mol. The molecular formula is C27H33N3O6. The molecule has 0 saturated carbocycles. The summed E-state index contributed by atoms with van der Waals surface area (Å²) in [5, 5.41) is 15.5. The van der Waals surface area contributed by atoms with Crippen molar-refractivity contribution < 1.29 is 29.0 Å². The molecule has 0 spiro atoms. The van der Waals surface area contributed by atoms with Crippen LogP contribution < -0.4 is 10.6 Å². The Bertz CT molecular complexity index is 1050. The van der Waals surface area contributed by atoms with Crippen LogP contribution in [0.5, 0.6) is 0 Å². The average Bonchev–Trinajstić information content (AvgIpc) is 3.38. The molecule has 1 aliphatic heterocycles. The summed E-state index contributed by atoms with van der Waals surface area (Å²) in [5.41, 5.74) is 1.32. The summed E-state index contributed by atoms with van der Waals surface area (Å²) in [5.74, 6) is -2.44. The van der Waals surface area contributed by atoms with E-state index in [9.17, 15) is 24.3 Å². The van der Waals surface area contributed by atoms with Gasteiger partial charge in [0.15, 0.2) is 0 Å². The Morgan fingerprint density at radius 1 is 1.06 bits per heavy atom. The van der Waals surface area contributed by atoms with Crippen LogP contribution in [0, 0.1) is 0 Å². The first kappa shape index (κ1) is 26.9. The number of carboxylic acid groups (broad SMARTS) is 1. The highest BCUT2D eigenvalue weighted by Crippen LogP contribution is 2.19. The SMILES string of the molecule is CCOC(=O)C(N[C@@H](C)C(=O)N1CCC[C@H]1C(=O)O)C(Cc1ccccc1)NC(=O)c1ccccc1. The number of ether oxygens (including phenoxy) is 1. The standard InChI is InChI=1S/C27H33N3O6/c1-3-36-27(35)23(28-18(2)25(32)30-16-10-15-22(30)26(33)34)21(17-19-11-6-4-7-12-19)29-24(31)20-13-8-5-9-14-20/h4-9,11-14,18,21-23,28H,3,10,15-17H2,1-2H3,(H,29,31)(H,33,34)/t18-,21?,22-,23?/m0/s1. The zero-order chi connectivity index (χ0) is 26.1. The number of aliphatic carboxylic acids is 1. The van der Waals surface area contributed by atoms with Gasteiger partial charge in [0, 0.05) is 12.1 Å². The highest BCUT2D eigenvalue weighted by molar-refractivity contribution is 5.95. The Kier molecular flexibility index (Phi) is 9.58. The summed E-state index contributed by atoms with van der Waals surface area (Å²) in [4.78, 5) is 52.2. The van der Waals surface area contributed by atoms with Crippen molar-refractivity contribution in [3.8, 4) is 0 Å². The van der Waals surface area contributed by atoms with Crippen LogP contribution in [-0.2, 0) is 25.5 Å². The summed E-state index contributed by atoms with van der Waals surface area (Å²) in [6.07, 6.45) is 1.29. The van der Waals surface area contributed by atoms with Crippen molar-refractivity contribution in [3.63, 3.8) is 0 Å². The molecule has 0 bridgehead atoms. The van der Waals surface area contributed by atoms with Gasteiger partial charge in [0.2, 0.25) is 5.91 Å². The van der Waals surface area contributed by atoms with E-state index in [1.165, 1.54) is 4.90 Å². The molecule has 2 amide bonds. The molecule has 2 aromatic rings. The molecule has 36 heavy (non-hydrogen) atoms. The van der Waals surface area contributed by atoms with Crippen LogP contribution in [0.15, 0.2) is 60.7 Å². The van der Waals surface area contributed by atoms with E-state index in [4.69, 9.17) is 4.74 Å². The molecule has 1 heterocycles. The molecule has 0 aromatic heterocycles. The lowest BCUT2D eigenvalue weighted by molar-refractivity contribution is -0.150. The van der Waals surface area contributed by atoms with Crippen LogP contribution in [0.25, 0.3) is 0 Å². The number of carbonyl (C=O) groups is 4. The first-order chi connectivity index (χ1) is 17.3. The molecule has 0 aliphatic carbocycles. The lowest BCUT2D eigenvalue weighted by atomic mass is 9.97. The number of rotatable bonds is 11. The van der Waals surface area contributed by atoms with Gasteiger partial charge in [0.05, 0.1) is 18.7 Å². The lowest BCUT2D eigenvalue weighted by Gasteiger charge is -2.32. The number of benzene rings is 2. The van der Waals surface area contributed by atoms with Crippen LogP contribution in [0.4, 0.5) is 0 Å². The van der Waals surface area contributed by atoms with Crippen molar-refractivity contribution in [2.45, 2.75) is 57.3 Å². The number of esters is 1. The second-order valence-electron chi connectivity index (χ2n) is 8.78. The van der Waals surface area contributed by atoms with Crippen LogP contribution in [0.2, 0.25) is 0 Å². The first-order valence-electron chi connectivity index (χ1n) is 12.2. The van der Waals surface area contributed by atoms with Crippen LogP contribution >= 0.6 is 0 Å². The normalized spacial score (nSPS) is 17.6. The Morgan fingerprint density at radius 3 is 2.31 bits per heavy atom. The Balaban J connectivity index is 1.87. The average molecular weight is 496 g/mol. The summed E-state index contributed by atoms with van der Waals surface area (Å²) >= 11 is 0. The largest absolute Gasteiger partial charge is 0.480 e. The molecule has 192 valence electrons. The van der Waals surface area contributed by atoms with Gasteiger partial charge in [-0.25, -0.2) is 4.79 Å². The molecule has 1 saturated heterocycles. The van der Waals surface area contributed by atoms with Gasteiger partial charge in [-0.1, -0.05) is 48.5 Å². The van der Waals surface area contributed by atoms with Crippen molar-refractivity contribution in [3.05, 3.63) is 71.8 Å². The molecular weight excluding hydrogens is 462 g/mol. The number of hydrogen-bond acceptors (Lipinski definition) is 6. The van der Waals surface area contributed by atoms with Gasteiger partial charge >= 0.3 is 11.9 Å². The number of carbonyl (C=O) groups excluding carboxylic acids is 3. The first-order valence-corrected chi connectivity index (χ1v) is 12.2. The van der Waals surface area contributed by atoms with Crippen molar-refractivity contribution in [1.29, 1.82) is 0 Å². The van der Waals surface area contributed by atoms with E-state index in [-0.39, 0.29) is 12.5 Å². The van der Waals surface area contributed by atoms with Crippen LogP contribution in [0.3, 0.4) is 0 Å². The molecule has 4 atom stereocenters. The molecule has 3 N–H and O–H groups in total. The molecule has 1 aliphatic rings. The topological polar surface area (TPSA) is 125 Å². The van der Waals surface area contributed by atoms with Crippen molar-refractivity contribution in [2.24, 2.45) is 0 Å². The Morgan fingerprint density at radius 2 is 1.69 bits per heavy atom. The van der Waals surface area contributed by atoms with E-state index < -0.39 is 42.0 Å². The van der Waals surface area contributed by atoms with Crippen molar-refractivity contribution in [1.82, 2.24) is 15.5 Å². The number of nitrogens with zero attached hydrogens (tertiary/aromatic N) is 1. The minimum atomic E-state index is -1.05. The van der Waals surface area contributed by atoms with Crippen molar-refractivity contribution >= 4 is 23.8 Å². The summed E-state index contributed by atoms with van der Waals surface area (Å²) < 4.78 is 5.30. The van der Waals surface area contributed by atoms with Crippen molar-refractivity contribution in [2.75, 3.05) is 13.2 Å². The van der Waals surface area contributed by atoms with E-state index in [0.717, 1.165) is 5.56 Å². The maximum Gasteiger partial charge on any atom is 0.326 e. The maximum absolute atomic E-state index is 13.2. The van der Waals surface area contributed by atoms with E-state index in [1.54, 1.807) is 44.2 Å². The molecule has 3 rings (SSSR count). The van der Waals surface area contributed by atoms with Gasteiger partial charge in [-0.05, 0) is 50.8 Å². The summed E-state index contributed by atoms with van der Waals surface area (Å²) in [7, 11) is 0. The summed E-state index contributed by atoms with van der Waals surface area (Å²) in [6, 6.07) is 14.5. The Hall–Kier alpha value is -3.72. The minimum absolute atomic E-state index is 0.122. The van der Waals surface area contributed by atoms with E-state index in [1.807, 2.05) is 30.3 Å².